The number of fused-ring (bicyclic) bond motifs is 1. The fraction of sp³-hybridized carbons (Fsp3) is 0.385. The van der Waals surface area contributed by atoms with Crippen LogP contribution in [0.2, 0.25) is 0 Å². The molecule has 4 rings (SSSR count). The second kappa shape index (κ2) is 10.3. The quantitative estimate of drug-likeness (QED) is 0.487. The highest BCUT2D eigenvalue weighted by atomic mass is 19.4. The molecule has 0 bridgehead atoms. The van der Waals surface area contributed by atoms with Gasteiger partial charge >= 0.3 is 6.18 Å². The van der Waals surface area contributed by atoms with Crippen molar-refractivity contribution >= 4 is 22.3 Å². The molecule has 0 aliphatic carbocycles. The zero-order chi connectivity index (χ0) is 24.1. The van der Waals surface area contributed by atoms with E-state index in [0.29, 0.717) is 17.6 Å². The maximum atomic E-state index is 13.1. The largest absolute Gasteiger partial charge is 0.497 e. The smallest absolute Gasteiger partial charge is 0.406 e. The number of hydrogen-bond donors (Lipinski definition) is 2. The third-order valence-electron chi connectivity index (χ3n) is 6.02. The van der Waals surface area contributed by atoms with Crippen LogP contribution in [0.4, 0.5) is 24.5 Å². The van der Waals surface area contributed by atoms with Gasteiger partial charge in [-0.05, 0) is 75.4 Å². The molecule has 1 saturated heterocycles. The highest BCUT2D eigenvalue weighted by molar-refractivity contribution is 5.94. The Hall–Kier alpha value is -3.31. The summed E-state index contributed by atoms with van der Waals surface area (Å²) in [6.07, 6.45) is -0.816. The lowest BCUT2D eigenvalue weighted by Crippen LogP contribution is -2.36. The first-order valence-electron chi connectivity index (χ1n) is 11.3. The third kappa shape index (κ3) is 6.17. The van der Waals surface area contributed by atoms with Crippen LogP contribution in [0.5, 0.6) is 5.75 Å². The van der Waals surface area contributed by atoms with Crippen LogP contribution in [0.25, 0.3) is 10.9 Å². The number of hydrogen-bond acceptors (Lipinski definition) is 4. The maximum Gasteiger partial charge on any atom is 0.406 e. The topological polar surface area (TPSA) is 41.5 Å². The Kier molecular flexibility index (Phi) is 7.23. The van der Waals surface area contributed by atoms with Crippen molar-refractivity contribution in [2.45, 2.75) is 31.6 Å². The van der Waals surface area contributed by atoms with E-state index in [1.54, 1.807) is 19.2 Å². The van der Waals surface area contributed by atoms with Crippen LogP contribution in [0, 0.1) is 11.8 Å². The molecule has 0 atom stereocenters. The third-order valence-corrected chi connectivity index (χ3v) is 6.02. The monoisotopic (exact) mass is 470 g/mol. The molecule has 2 heterocycles. The molecule has 8 heteroatoms. The predicted molar refractivity (Wildman–Crippen MR) is 130 cm³/mol. The molecule has 0 spiro atoms. The molecule has 0 amide bonds. The van der Waals surface area contributed by atoms with E-state index >= 15 is 0 Å². The summed E-state index contributed by atoms with van der Waals surface area (Å²) in [4.78, 5) is 2.28. The first kappa shape index (κ1) is 23.8. The summed E-state index contributed by atoms with van der Waals surface area (Å²) >= 11 is 0. The van der Waals surface area contributed by atoms with Gasteiger partial charge in [-0.15, -0.1) is 0 Å². The van der Waals surface area contributed by atoms with E-state index in [1.807, 2.05) is 30.3 Å². The lowest BCUT2D eigenvalue weighted by molar-refractivity contribution is -0.139. The summed E-state index contributed by atoms with van der Waals surface area (Å²) in [5.41, 5.74) is 2.96. The van der Waals surface area contributed by atoms with Gasteiger partial charge in [0.1, 0.15) is 12.3 Å². The van der Waals surface area contributed by atoms with Gasteiger partial charge in [-0.3, -0.25) is 0 Å². The first-order valence-corrected chi connectivity index (χ1v) is 11.3. The molecule has 180 valence electrons. The van der Waals surface area contributed by atoms with Gasteiger partial charge in [-0.25, -0.2) is 0 Å². The molecule has 1 aromatic heterocycles. The molecule has 0 saturated carbocycles. The molecule has 2 aromatic carbocycles. The van der Waals surface area contributed by atoms with Gasteiger partial charge in [0.05, 0.1) is 19.2 Å². The maximum absolute atomic E-state index is 13.1. The van der Waals surface area contributed by atoms with Crippen LogP contribution in [0.3, 0.4) is 0 Å². The molecule has 1 aliphatic heterocycles. The molecule has 1 aliphatic rings. The SMILES string of the molecule is COc1ccc(NCC#Cc2cc(NC3CCN(C)CC3)c3ccn(CC(F)(F)F)c3c2)cc1. The number of alkyl halides is 3. The molecule has 34 heavy (non-hydrogen) atoms. The van der Waals surface area contributed by atoms with Crippen molar-refractivity contribution in [2.24, 2.45) is 0 Å². The Morgan fingerprint density at radius 1 is 1.09 bits per heavy atom. The second-order valence-electron chi connectivity index (χ2n) is 8.62. The average Bonchev–Trinajstić information content (AvgIpc) is 3.20. The van der Waals surface area contributed by atoms with Crippen molar-refractivity contribution in [1.82, 2.24) is 9.47 Å². The molecule has 3 aromatic rings. The number of likely N-dealkylation sites (tertiary alicyclic amines) is 1. The predicted octanol–water partition coefficient (Wildman–Crippen LogP) is 5.18. The Balaban J connectivity index is 1.56. The number of aromatic nitrogens is 1. The van der Waals surface area contributed by atoms with Gasteiger partial charge in [0.15, 0.2) is 0 Å². The second-order valence-corrected chi connectivity index (χ2v) is 8.62. The molecule has 2 N–H and O–H groups in total. The zero-order valence-electron chi connectivity index (χ0n) is 19.4. The summed E-state index contributed by atoms with van der Waals surface area (Å²) in [5, 5.41) is 7.58. The van der Waals surface area contributed by atoms with Gasteiger partial charge in [0.2, 0.25) is 0 Å². The van der Waals surface area contributed by atoms with Crippen molar-refractivity contribution in [3.05, 3.63) is 54.2 Å². The van der Waals surface area contributed by atoms with E-state index < -0.39 is 12.7 Å². The number of anilines is 2. The fourth-order valence-corrected chi connectivity index (χ4v) is 4.19. The number of rotatable bonds is 6. The first-order chi connectivity index (χ1) is 16.3. The number of ether oxygens (including phenoxy) is 1. The summed E-state index contributed by atoms with van der Waals surface area (Å²) in [6.45, 7) is 1.37. The van der Waals surface area contributed by atoms with Crippen molar-refractivity contribution in [3.63, 3.8) is 0 Å². The van der Waals surface area contributed by atoms with Crippen LogP contribution >= 0.6 is 0 Å². The van der Waals surface area contributed by atoms with Crippen LogP contribution in [0.1, 0.15) is 18.4 Å². The van der Waals surface area contributed by atoms with E-state index in [9.17, 15) is 13.2 Å². The molecule has 0 radical (unpaired) electrons. The average molecular weight is 471 g/mol. The number of piperidine rings is 1. The Labute approximate surface area is 197 Å². The Morgan fingerprint density at radius 3 is 2.50 bits per heavy atom. The van der Waals surface area contributed by atoms with E-state index in [2.05, 4.69) is 34.4 Å². The van der Waals surface area contributed by atoms with E-state index in [4.69, 9.17) is 4.74 Å². The summed E-state index contributed by atoms with van der Waals surface area (Å²) in [6, 6.07) is 13.2. The molecule has 5 nitrogen and oxygen atoms in total. The van der Waals surface area contributed by atoms with Gasteiger partial charge in [0.25, 0.3) is 0 Å². The molecule has 0 unspecified atom stereocenters. The summed E-state index contributed by atoms with van der Waals surface area (Å²) < 4.78 is 45.8. The van der Waals surface area contributed by atoms with Crippen molar-refractivity contribution in [2.75, 3.05) is 44.4 Å². The van der Waals surface area contributed by atoms with E-state index in [-0.39, 0.29) is 6.04 Å². The zero-order valence-corrected chi connectivity index (χ0v) is 19.4. The molecular weight excluding hydrogens is 441 g/mol. The van der Waals surface area contributed by atoms with Gasteiger partial charge < -0.3 is 24.8 Å². The standard InChI is InChI=1S/C26H29F3N4O/c1-32-13-9-21(10-14-32)31-24-16-19(4-3-12-30-20-5-7-22(34-2)8-6-20)17-25-23(24)11-15-33(25)18-26(27,28)29/h5-8,11,15-17,21,30-31H,9-10,12-14,18H2,1-2H3. The number of benzene rings is 2. The van der Waals surface area contributed by atoms with Crippen molar-refractivity contribution in [3.8, 4) is 17.6 Å². The number of nitrogens with one attached hydrogen (secondary N) is 2. The van der Waals surface area contributed by atoms with E-state index in [1.165, 1.54) is 10.8 Å². The highest BCUT2D eigenvalue weighted by Gasteiger charge is 2.28. The van der Waals surface area contributed by atoms with Crippen molar-refractivity contribution in [1.29, 1.82) is 0 Å². The van der Waals surface area contributed by atoms with E-state index in [0.717, 1.165) is 48.4 Å². The lowest BCUT2D eigenvalue weighted by Gasteiger charge is -2.30. The summed E-state index contributed by atoms with van der Waals surface area (Å²) in [5.74, 6) is 6.97. The minimum atomic E-state index is -4.29. The Morgan fingerprint density at radius 2 is 1.82 bits per heavy atom. The fourth-order valence-electron chi connectivity index (χ4n) is 4.19. The number of methoxy groups -OCH3 is 1. The van der Waals surface area contributed by atoms with Gasteiger partial charge in [-0.2, -0.15) is 13.2 Å². The normalized spacial score (nSPS) is 15.1. The minimum absolute atomic E-state index is 0.283. The van der Waals surface area contributed by atoms with Gasteiger partial charge in [-0.1, -0.05) is 11.8 Å². The minimum Gasteiger partial charge on any atom is -0.497 e. The number of halogens is 3. The number of nitrogens with zero attached hydrogens (tertiary/aromatic N) is 2. The molecular formula is C26H29F3N4O. The Bertz CT molecular complexity index is 1170. The van der Waals surface area contributed by atoms with Crippen LogP contribution in [-0.2, 0) is 6.54 Å². The lowest BCUT2D eigenvalue weighted by atomic mass is 10.0. The van der Waals surface area contributed by atoms with Crippen molar-refractivity contribution < 1.29 is 17.9 Å². The van der Waals surface area contributed by atoms with Gasteiger partial charge in [0, 0.05) is 34.6 Å². The van der Waals surface area contributed by atoms with Crippen LogP contribution in [0.15, 0.2) is 48.7 Å². The van der Waals surface area contributed by atoms with Crippen LogP contribution < -0.4 is 15.4 Å². The highest BCUT2D eigenvalue weighted by Crippen LogP contribution is 2.30. The van der Waals surface area contributed by atoms with Crippen LogP contribution in [-0.4, -0.2) is 55.5 Å². The summed E-state index contributed by atoms with van der Waals surface area (Å²) in [7, 11) is 3.72. The molecule has 1 fully saturated rings.